The Hall–Kier alpha value is -2.18. The fourth-order valence-electron chi connectivity index (χ4n) is 3.44. The first-order chi connectivity index (χ1) is 15.0. The summed E-state index contributed by atoms with van der Waals surface area (Å²) in [5, 5.41) is 1.73. The molecule has 3 aromatic rings. The van der Waals surface area contributed by atoms with Gasteiger partial charge in [-0.05, 0) is 42.0 Å². The lowest BCUT2D eigenvalue weighted by Crippen LogP contribution is -2.48. The molecule has 1 aliphatic rings. The highest BCUT2D eigenvalue weighted by molar-refractivity contribution is 6.35. The third-order valence-electron chi connectivity index (χ3n) is 5.15. The maximum Gasteiger partial charge on any atom is 0.289 e. The molecular weight excluding hydrogens is 459 g/mol. The molecule has 0 radical (unpaired) electrons. The topological polar surface area (TPSA) is 45.9 Å². The van der Waals surface area contributed by atoms with Crippen LogP contribution < -0.4 is 4.74 Å². The van der Waals surface area contributed by atoms with Crippen LogP contribution in [0.2, 0.25) is 15.1 Å². The largest absolute Gasteiger partial charge is 0.484 e. The summed E-state index contributed by atoms with van der Waals surface area (Å²) < 4.78 is 11.4. The van der Waals surface area contributed by atoms with Crippen molar-refractivity contribution in [3.05, 3.63) is 86.7 Å². The molecule has 0 atom stereocenters. The second-order valence-corrected chi connectivity index (χ2v) is 8.54. The highest BCUT2D eigenvalue weighted by Crippen LogP contribution is 2.28. The van der Waals surface area contributed by atoms with E-state index in [2.05, 4.69) is 4.90 Å². The summed E-state index contributed by atoms with van der Waals surface area (Å²) in [6.45, 7) is 3.77. The Morgan fingerprint density at radius 1 is 0.935 bits per heavy atom. The van der Waals surface area contributed by atoms with Gasteiger partial charge in [-0.25, -0.2) is 0 Å². The SMILES string of the molecule is O=C(c1ccc(COc2ccc(Cl)cc2Cl)o1)N1CCN(Cc2ccccc2Cl)CC1. The molecule has 0 spiro atoms. The number of carbonyl (C=O) groups is 1. The number of benzene rings is 2. The monoisotopic (exact) mass is 478 g/mol. The molecule has 1 aromatic heterocycles. The molecule has 4 rings (SSSR count). The Labute approximate surface area is 196 Å². The van der Waals surface area contributed by atoms with Crippen molar-refractivity contribution in [1.82, 2.24) is 9.80 Å². The van der Waals surface area contributed by atoms with E-state index in [-0.39, 0.29) is 12.5 Å². The van der Waals surface area contributed by atoms with Gasteiger partial charge in [0.25, 0.3) is 5.91 Å². The lowest BCUT2D eigenvalue weighted by molar-refractivity contribution is 0.0594. The van der Waals surface area contributed by atoms with Crippen LogP contribution in [0.1, 0.15) is 21.9 Å². The zero-order valence-corrected chi connectivity index (χ0v) is 19.0. The molecule has 5 nitrogen and oxygen atoms in total. The van der Waals surface area contributed by atoms with Crippen LogP contribution in [-0.4, -0.2) is 41.9 Å². The summed E-state index contributed by atoms with van der Waals surface area (Å²) in [6, 6.07) is 16.3. The van der Waals surface area contributed by atoms with Crippen molar-refractivity contribution in [2.75, 3.05) is 26.2 Å². The third-order valence-corrected chi connectivity index (χ3v) is 6.05. The lowest BCUT2D eigenvalue weighted by Gasteiger charge is -2.34. The van der Waals surface area contributed by atoms with Crippen LogP contribution in [0.5, 0.6) is 5.75 Å². The number of furan rings is 1. The number of carbonyl (C=O) groups excluding carboxylic acids is 1. The summed E-state index contributed by atoms with van der Waals surface area (Å²) in [5.41, 5.74) is 1.10. The Balaban J connectivity index is 1.29. The van der Waals surface area contributed by atoms with Gasteiger partial charge in [0.2, 0.25) is 0 Å². The van der Waals surface area contributed by atoms with E-state index in [1.54, 1.807) is 30.3 Å². The van der Waals surface area contributed by atoms with Gasteiger partial charge < -0.3 is 14.1 Å². The highest BCUT2D eigenvalue weighted by Gasteiger charge is 2.24. The molecule has 8 heteroatoms. The summed E-state index contributed by atoms with van der Waals surface area (Å²) in [6.07, 6.45) is 0. The lowest BCUT2D eigenvalue weighted by atomic mass is 10.2. The fraction of sp³-hybridized carbons (Fsp3) is 0.261. The number of ether oxygens (including phenoxy) is 1. The van der Waals surface area contributed by atoms with Crippen LogP contribution in [-0.2, 0) is 13.2 Å². The molecule has 0 aliphatic carbocycles. The van der Waals surface area contributed by atoms with Crippen molar-refractivity contribution in [3.8, 4) is 5.75 Å². The van der Waals surface area contributed by atoms with Crippen molar-refractivity contribution in [3.63, 3.8) is 0 Å². The molecule has 1 saturated heterocycles. The molecule has 1 amide bonds. The summed E-state index contributed by atoms with van der Waals surface area (Å²) in [7, 11) is 0. The van der Waals surface area contributed by atoms with E-state index in [1.165, 1.54) is 0 Å². The molecule has 0 unspecified atom stereocenters. The highest BCUT2D eigenvalue weighted by atomic mass is 35.5. The van der Waals surface area contributed by atoms with Gasteiger partial charge in [0.05, 0.1) is 5.02 Å². The quantitative estimate of drug-likeness (QED) is 0.450. The number of halogens is 3. The van der Waals surface area contributed by atoms with E-state index < -0.39 is 0 Å². The Kier molecular flexibility index (Phi) is 7.08. The number of rotatable bonds is 6. The Morgan fingerprint density at radius 3 is 2.45 bits per heavy atom. The predicted molar refractivity (Wildman–Crippen MR) is 122 cm³/mol. The first-order valence-electron chi connectivity index (χ1n) is 9.91. The van der Waals surface area contributed by atoms with E-state index in [4.69, 9.17) is 44.0 Å². The standard InChI is InChI=1S/C23H21Cl3N2O3/c24-17-5-7-21(20(26)13-17)30-15-18-6-8-22(31-18)23(29)28-11-9-27(10-12-28)14-16-3-1-2-4-19(16)25/h1-8,13H,9-12,14-15H2. The minimum absolute atomic E-state index is 0.117. The summed E-state index contributed by atoms with van der Waals surface area (Å²) in [5.74, 6) is 1.24. The molecule has 1 aliphatic heterocycles. The number of hydrogen-bond acceptors (Lipinski definition) is 4. The first kappa shape index (κ1) is 22.0. The molecular formula is C23H21Cl3N2O3. The number of amides is 1. The van der Waals surface area contributed by atoms with Crippen LogP contribution in [0.4, 0.5) is 0 Å². The van der Waals surface area contributed by atoms with E-state index in [0.717, 1.165) is 30.2 Å². The van der Waals surface area contributed by atoms with Crippen molar-refractivity contribution >= 4 is 40.7 Å². The first-order valence-corrected chi connectivity index (χ1v) is 11.0. The minimum atomic E-state index is -0.117. The third kappa shape index (κ3) is 5.55. The van der Waals surface area contributed by atoms with Gasteiger partial charge in [-0.15, -0.1) is 0 Å². The smallest absolute Gasteiger partial charge is 0.289 e. The van der Waals surface area contributed by atoms with E-state index in [1.807, 2.05) is 29.2 Å². The maximum absolute atomic E-state index is 12.8. The average Bonchev–Trinajstić information content (AvgIpc) is 3.24. The van der Waals surface area contributed by atoms with Crippen molar-refractivity contribution in [2.45, 2.75) is 13.2 Å². The van der Waals surface area contributed by atoms with Crippen molar-refractivity contribution < 1.29 is 13.9 Å². The van der Waals surface area contributed by atoms with Gasteiger partial charge in [-0.1, -0.05) is 53.0 Å². The summed E-state index contributed by atoms with van der Waals surface area (Å²) in [4.78, 5) is 16.9. The molecule has 2 heterocycles. The van der Waals surface area contributed by atoms with Crippen molar-refractivity contribution in [1.29, 1.82) is 0 Å². The van der Waals surface area contributed by atoms with Gasteiger partial charge in [-0.2, -0.15) is 0 Å². The number of piperazine rings is 1. The minimum Gasteiger partial charge on any atom is -0.484 e. The zero-order valence-electron chi connectivity index (χ0n) is 16.7. The van der Waals surface area contributed by atoms with Gasteiger partial charge in [0.15, 0.2) is 5.76 Å². The van der Waals surface area contributed by atoms with E-state index >= 15 is 0 Å². The van der Waals surface area contributed by atoms with E-state index in [0.29, 0.717) is 40.4 Å². The molecule has 0 N–H and O–H groups in total. The molecule has 1 fully saturated rings. The molecule has 2 aromatic carbocycles. The van der Waals surface area contributed by atoms with Gasteiger partial charge in [0, 0.05) is 42.8 Å². The molecule has 0 bridgehead atoms. The van der Waals surface area contributed by atoms with Gasteiger partial charge in [-0.3, -0.25) is 9.69 Å². The van der Waals surface area contributed by atoms with Crippen LogP contribution in [0.3, 0.4) is 0 Å². The van der Waals surface area contributed by atoms with E-state index in [9.17, 15) is 4.79 Å². The second-order valence-electron chi connectivity index (χ2n) is 7.29. The number of nitrogens with zero attached hydrogens (tertiary/aromatic N) is 2. The van der Waals surface area contributed by atoms with Crippen LogP contribution >= 0.6 is 34.8 Å². The van der Waals surface area contributed by atoms with Crippen LogP contribution in [0.25, 0.3) is 0 Å². The fourth-order valence-corrected chi connectivity index (χ4v) is 4.10. The maximum atomic E-state index is 12.8. The number of hydrogen-bond donors (Lipinski definition) is 0. The molecule has 0 saturated carbocycles. The molecule has 162 valence electrons. The van der Waals surface area contributed by atoms with Crippen LogP contribution in [0.15, 0.2) is 59.0 Å². The van der Waals surface area contributed by atoms with Crippen molar-refractivity contribution in [2.24, 2.45) is 0 Å². The van der Waals surface area contributed by atoms with Gasteiger partial charge in [0.1, 0.15) is 18.1 Å². The summed E-state index contributed by atoms with van der Waals surface area (Å²) >= 11 is 18.3. The average molecular weight is 480 g/mol. The molecule has 31 heavy (non-hydrogen) atoms. The van der Waals surface area contributed by atoms with Crippen LogP contribution in [0, 0.1) is 0 Å². The predicted octanol–water partition coefficient (Wildman–Crippen LogP) is 5.78. The Bertz CT molecular complexity index is 1060. The van der Waals surface area contributed by atoms with Gasteiger partial charge >= 0.3 is 0 Å². The zero-order chi connectivity index (χ0) is 21.8. The normalized spacial score (nSPS) is 14.6. The Morgan fingerprint density at radius 2 is 1.71 bits per heavy atom. The second kappa shape index (κ2) is 9.96.